The van der Waals surface area contributed by atoms with Crippen LogP contribution in [-0.2, 0) is 13.5 Å². The van der Waals surface area contributed by atoms with Crippen molar-refractivity contribution in [2.24, 2.45) is 7.05 Å². The fourth-order valence-corrected chi connectivity index (χ4v) is 3.20. The molecule has 5 nitrogen and oxygen atoms in total. The van der Waals surface area contributed by atoms with E-state index in [1.165, 1.54) is 24.6 Å². The van der Waals surface area contributed by atoms with Crippen LogP contribution in [0.4, 0.5) is 11.5 Å². The van der Waals surface area contributed by atoms with Crippen LogP contribution in [0.3, 0.4) is 0 Å². The molecule has 1 aliphatic rings. The lowest BCUT2D eigenvalue weighted by Crippen LogP contribution is -2.36. The summed E-state index contributed by atoms with van der Waals surface area (Å²) in [6.45, 7) is 6.49. The number of aromatic nitrogens is 2. The Morgan fingerprint density at radius 1 is 1.39 bits per heavy atom. The third-order valence-corrected chi connectivity index (χ3v) is 4.26. The molecule has 0 amide bonds. The molecular formula is C12H23N5S. The summed E-state index contributed by atoms with van der Waals surface area (Å²) < 4.78 is 1.85. The molecule has 1 fully saturated rings. The number of thioether (sulfide) groups is 1. The Hall–Kier alpha value is -0.880. The Kier molecular flexibility index (Phi) is 4.77. The molecule has 1 aromatic heterocycles. The fraction of sp³-hybridized carbons (Fsp3) is 0.750. The zero-order chi connectivity index (χ0) is 13.0. The predicted octanol–water partition coefficient (Wildman–Crippen LogP) is 1.03. The Bertz CT molecular complexity index is 384. The summed E-state index contributed by atoms with van der Waals surface area (Å²) >= 11 is 2.04. The van der Waals surface area contributed by atoms with Gasteiger partial charge >= 0.3 is 0 Å². The molecule has 102 valence electrons. The maximum absolute atomic E-state index is 6.07. The Labute approximate surface area is 113 Å². The normalized spacial score (nSPS) is 17.0. The molecule has 3 N–H and O–H groups in total. The van der Waals surface area contributed by atoms with Crippen LogP contribution in [0.15, 0.2) is 0 Å². The number of nitrogens with one attached hydrogen (secondary N) is 1. The topological polar surface area (TPSA) is 59.1 Å². The van der Waals surface area contributed by atoms with E-state index in [1.54, 1.807) is 0 Å². The van der Waals surface area contributed by atoms with Gasteiger partial charge in [0.15, 0.2) is 0 Å². The first-order valence-corrected chi connectivity index (χ1v) is 7.73. The van der Waals surface area contributed by atoms with Gasteiger partial charge in [-0.05, 0) is 6.42 Å². The zero-order valence-electron chi connectivity index (χ0n) is 11.3. The molecule has 1 aromatic rings. The van der Waals surface area contributed by atoms with Crippen LogP contribution < -0.4 is 11.1 Å². The molecule has 0 spiro atoms. The average molecular weight is 269 g/mol. The van der Waals surface area contributed by atoms with Gasteiger partial charge in [0, 0.05) is 44.7 Å². The standard InChI is InChI=1S/C12H23N5S/c1-3-10-11(13)12(16(2)15-10)14-4-5-17-6-8-18-9-7-17/h14H,3-9,13H2,1-2H3. The molecule has 1 saturated heterocycles. The van der Waals surface area contributed by atoms with E-state index in [4.69, 9.17) is 5.73 Å². The SMILES string of the molecule is CCc1nn(C)c(NCCN2CCSCC2)c1N. The number of anilines is 2. The largest absolute Gasteiger partial charge is 0.394 e. The van der Waals surface area contributed by atoms with Crippen molar-refractivity contribution in [2.45, 2.75) is 13.3 Å². The Balaban J connectivity index is 1.84. The van der Waals surface area contributed by atoms with Crippen molar-refractivity contribution in [3.8, 4) is 0 Å². The number of nitrogens with zero attached hydrogens (tertiary/aromatic N) is 3. The van der Waals surface area contributed by atoms with Gasteiger partial charge in [0.2, 0.25) is 0 Å². The van der Waals surface area contributed by atoms with Crippen molar-refractivity contribution < 1.29 is 0 Å². The Morgan fingerprint density at radius 2 is 2.11 bits per heavy atom. The van der Waals surface area contributed by atoms with Crippen LogP contribution >= 0.6 is 11.8 Å². The van der Waals surface area contributed by atoms with Gasteiger partial charge in [-0.25, -0.2) is 0 Å². The number of nitrogen functional groups attached to an aromatic ring is 1. The van der Waals surface area contributed by atoms with Gasteiger partial charge in [-0.3, -0.25) is 9.58 Å². The molecule has 6 heteroatoms. The van der Waals surface area contributed by atoms with Crippen molar-refractivity contribution in [3.05, 3.63) is 5.69 Å². The molecule has 2 heterocycles. The lowest BCUT2D eigenvalue weighted by atomic mass is 10.3. The third-order valence-electron chi connectivity index (χ3n) is 3.32. The maximum atomic E-state index is 6.07. The molecule has 0 unspecified atom stereocenters. The van der Waals surface area contributed by atoms with Crippen LogP contribution in [-0.4, -0.2) is 52.4 Å². The summed E-state index contributed by atoms with van der Waals surface area (Å²) in [4.78, 5) is 2.50. The van der Waals surface area contributed by atoms with E-state index < -0.39 is 0 Å². The minimum atomic E-state index is 0.800. The van der Waals surface area contributed by atoms with Crippen molar-refractivity contribution >= 4 is 23.3 Å². The molecular weight excluding hydrogens is 246 g/mol. The second kappa shape index (κ2) is 6.33. The van der Waals surface area contributed by atoms with Gasteiger partial charge in [-0.15, -0.1) is 0 Å². The van der Waals surface area contributed by atoms with Crippen LogP contribution in [0.5, 0.6) is 0 Å². The van der Waals surface area contributed by atoms with Gasteiger partial charge in [0.1, 0.15) is 5.82 Å². The summed E-state index contributed by atoms with van der Waals surface area (Å²) in [5, 5.41) is 7.82. The van der Waals surface area contributed by atoms with E-state index in [1.807, 2.05) is 23.5 Å². The first-order chi connectivity index (χ1) is 8.72. The molecule has 18 heavy (non-hydrogen) atoms. The molecule has 0 aromatic carbocycles. The first-order valence-electron chi connectivity index (χ1n) is 6.57. The molecule has 0 radical (unpaired) electrons. The lowest BCUT2D eigenvalue weighted by Gasteiger charge is -2.26. The summed E-state index contributed by atoms with van der Waals surface area (Å²) in [6.07, 6.45) is 0.880. The van der Waals surface area contributed by atoms with E-state index in [0.717, 1.165) is 36.7 Å². The van der Waals surface area contributed by atoms with Crippen molar-refractivity contribution in [1.29, 1.82) is 0 Å². The first kappa shape index (κ1) is 13.5. The summed E-state index contributed by atoms with van der Waals surface area (Å²) in [5.74, 6) is 3.47. The van der Waals surface area contributed by atoms with E-state index in [0.29, 0.717) is 0 Å². The van der Waals surface area contributed by atoms with E-state index >= 15 is 0 Å². The highest BCUT2D eigenvalue weighted by molar-refractivity contribution is 7.99. The quantitative estimate of drug-likeness (QED) is 0.836. The smallest absolute Gasteiger partial charge is 0.147 e. The van der Waals surface area contributed by atoms with Crippen LogP contribution in [0.25, 0.3) is 0 Å². The lowest BCUT2D eigenvalue weighted by molar-refractivity contribution is 0.314. The minimum Gasteiger partial charge on any atom is -0.394 e. The molecule has 0 aliphatic carbocycles. The third kappa shape index (κ3) is 3.11. The molecule has 2 rings (SSSR count). The number of nitrogens with two attached hydrogens (primary N) is 1. The van der Waals surface area contributed by atoms with Gasteiger partial charge in [-0.2, -0.15) is 16.9 Å². The fourth-order valence-electron chi connectivity index (χ4n) is 2.22. The monoisotopic (exact) mass is 269 g/mol. The number of hydrogen-bond donors (Lipinski definition) is 2. The van der Waals surface area contributed by atoms with Crippen LogP contribution in [0, 0.1) is 0 Å². The highest BCUT2D eigenvalue weighted by Gasteiger charge is 2.13. The molecule has 0 atom stereocenters. The molecule has 0 saturated carbocycles. The minimum absolute atomic E-state index is 0.800. The van der Waals surface area contributed by atoms with Gasteiger partial charge < -0.3 is 11.1 Å². The maximum Gasteiger partial charge on any atom is 0.147 e. The van der Waals surface area contributed by atoms with Gasteiger partial charge in [0.25, 0.3) is 0 Å². The van der Waals surface area contributed by atoms with Crippen LogP contribution in [0.1, 0.15) is 12.6 Å². The molecule has 0 bridgehead atoms. The van der Waals surface area contributed by atoms with E-state index in [-0.39, 0.29) is 0 Å². The van der Waals surface area contributed by atoms with Gasteiger partial charge in [-0.1, -0.05) is 6.92 Å². The Morgan fingerprint density at radius 3 is 2.72 bits per heavy atom. The van der Waals surface area contributed by atoms with Crippen molar-refractivity contribution in [1.82, 2.24) is 14.7 Å². The predicted molar refractivity (Wildman–Crippen MR) is 79.3 cm³/mol. The van der Waals surface area contributed by atoms with Gasteiger partial charge in [0.05, 0.1) is 11.4 Å². The average Bonchev–Trinajstić information content (AvgIpc) is 2.67. The highest BCUT2D eigenvalue weighted by Crippen LogP contribution is 2.21. The highest BCUT2D eigenvalue weighted by atomic mass is 32.2. The number of rotatable bonds is 5. The summed E-state index contributed by atoms with van der Waals surface area (Å²) in [7, 11) is 1.94. The van der Waals surface area contributed by atoms with Crippen molar-refractivity contribution in [3.63, 3.8) is 0 Å². The molecule has 1 aliphatic heterocycles. The van der Waals surface area contributed by atoms with E-state index in [9.17, 15) is 0 Å². The number of aryl methyl sites for hydroxylation is 2. The second-order valence-electron chi connectivity index (χ2n) is 4.57. The summed E-state index contributed by atoms with van der Waals surface area (Å²) in [6, 6.07) is 0. The second-order valence-corrected chi connectivity index (χ2v) is 5.79. The van der Waals surface area contributed by atoms with Crippen molar-refractivity contribution in [2.75, 3.05) is 48.7 Å². The number of hydrogen-bond acceptors (Lipinski definition) is 5. The summed E-state index contributed by atoms with van der Waals surface area (Å²) in [5.41, 5.74) is 7.85. The zero-order valence-corrected chi connectivity index (χ0v) is 12.1. The van der Waals surface area contributed by atoms with E-state index in [2.05, 4.69) is 22.2 Å². The van der Waals surface area contributed by atoms with Crippen LogP contribution in [0.2, 0.25) is 0 Å².